The Bertz CT molecular complexity index is 1680. The predicted octanol–water partition coefficient (Wildman–Crippen LogP) is 4.16. The number of carbonyl (C=O) groups is 2. The second-order valence-corrected chi connectivity index (χ2v) is 10.8. The largest absolute Gasteiger partial charge is 0.435 e. The highest BCUT2D eigenvalue weighted by atomic mass is 19.4. The summed E-state index contributed by atoms with van der Waals surface area (Å²) in [5.74, 6) is -0.236. The van der Waals surface area contributed by atoms with Gasteiger partial charge in [-0.05, 0) is 49.4 Å². The van der Waals surface area contributed by atoms with Crippen molar-refractivity contribution in [1.82, 2.24) is 34.8 Å². The molecule has 0 spiro atoms. The summed E-state index contributed by atoms with van der Waals surface area (Å²) in [5.41, 5.74) is 6.07. The highest BCUT2D eigenvalue weighted by Gasteiger charge is 2.38. The molecule has 5 N–H and O–H groups in total. The summed E-state index contributed by atoms with van der Waals surface area (Å²) in [6.45, 7) is 1.43. The first-order valence-electron chi connectivity index (χ1n) is 14.4. The lowest BCUT2D eigenvalue weighted by atomic mass is 10.0. The smallest absolute Gasteiger partial charge is 0.354 e. The molecule has 3 heterocycles. The standard InChI is InChI=1S/C29H32F5N9O2/c1-2-16-12-19(5-6-20(16)28(45)38-8-7-37-27(44)17-3-4-18(35)11-17)40-25-26-39-13-22(43(26)10-9-36-25)21-14-42(15-23(30)31)41-24(21)29(32,33)34/h5-6,9-10,12-14,17-18,23H,2-4,7-8,11,15,35H2,1H3,(H,36,40)(H,37,44)(H,38,45)/t17-,18-/m1/s1. The molecule has 45 heavy (non-hydrogen) atoms. The minimum Gasteiger partial charge on any atom is -0.354 e. The number of hydrogen-bond donors (Lipinski definition) is 4. The first kappa shape index (κ1) is 31.8. The molecule has 1 aliphatic rings. The molecule has 2 atom stereocenters. The number of halogens is 5. The van der Waals surface area contributed by atoms with Crippen LogP contribution in [0.15, 0.2) is 43.0 Å². The number of imidazole rings is 1. The lowest BCUT2D eigenvalue weighted by molar-refractivity contribution is -0.141. The second-order valence-electron chi connectivity index (χ2n) is 10.8. The Morgan fingerprint density at radius 1 is 1.13 bits per heavy atom. The number of rotatable bonds is 11. The third-order valence-corrected chi connectivity index (χ3v) is 7.61. The molecule has 3 aromatic heterocycles. The molecule has 1 saturated carbocycles. The summed E-state index contributed by atoms with van der Waals surface area (Å²) in [6.07, 6.45) is -0.120. The van der Waals surface area contributed by atoms with Gasteiger partial charge in [-0.2, -0.15) is 18.3 Å². The molecule has 240 valence electrons. The topological polar surface area (TPSA) is 144 Å². The van der Waals surface area contributed by atoms with Crippen molar-refractivity contribution in [2.45, 2.75) is 57.8 Å². The molecule has 1 aromatic carbocycles. The van der Waals surface area contributed by atoms with E-state index in [0.29, 0.717) is 28.8 Å². The van der Waals surface area contributed by atoms with Gasteiger partial charge in [-0.3, -0.25) is 18.7 Å². The Hall–Kier alpha value is -4.60. The SMILES string of the molecule is CCc1cc(Nc2nccn3c(-c4cn(CC(F)F)nc4C(F)(F)F)cnc23)ccc1C(=O)NCCNC(=O)[C@@H]1CC[C@@H](N)C1. The van der Waals surface area contributed by atoms with Gasteiger partial charge in [-0.25, -0.2) is 18.7 Å². The fourth-order valence-corrected chi connectivity index (χ4v) is 5.44. The van der Waals surface area contributed by atoms with E-state index in [4.69, 9.17) is 5.73 Å². The number of benzene rings is 1. The fraction of sp³-hybridized carbons (Fsp3) is 0.414. The van der Waals surface area contributed by atoms with Crippen LogP contribution in [0.25, 0.3) is 16.9 Å². The van der Waals surface area contributed by atoms with Gasteiger partial charge in [-0.1, -0.05) is 6.92 Å². The molecular weight excluding hydrogens is 601 g/mol. The van der Waals surface area contributed by atoms with E-state index >= 15 is 0 Å². The van der Waals surface area contributed by atoms with Crippen LogP contribution >= 0.6 is 0 Å². The van der Waals surface area contributed by atoms with Crippen molar-refractivity contribution in [2.75, 3.05) is 18.4 Å². The predicted molar refractivity (Wildman–Crippen MR) is 155 cm³/mol. The van der Waals surface area contributed by atoms with Crippen LogP contribution < -0.4 is 21.7 Å². The third-order valence-electron chi connectivity index (χ3n) is 7.61. The fourth-order valence-electron chi connectivity index (χ4n) is 5.44. The van der Waals surface area contributed by atoms with E-state index in [1.807, 2.05) is 6.92 Å². The molecule has 2 amide bonds. The summed E-state index contributed by atoms with van der Waals surface area (Å²) in [4.78, 5) is 33.7. The number of alkyl halides is 5. The summed E-state index contributed by atoms with van der Waals surface area (Å²) in [5, 5.41) is 12.1. The quantitative estimate of drug-likeness (QED) is 0.144. The van der Waals surface area contributed by atoms with E-state index in [1.54, 1.807) is 18.2 Å². The highest BCUT2D eigenvalue weighted by Crippen LogP contribution is 2.37. The molecule has 0 unspecified atom stereocenters. The molecular formula is C29H32F5N9O2. The zero-order valence-electron chi connectivity index (χ0n) is 24.2. The van der Waals surface area contributed by atoms with E-state index in [-0.39, 0.29) is 54.0 Å². The Labute approximate surface area is 254 Å². The van der Waals surface area contributed by atoms with Crippen molar-refractivity contribution < 1.29 is 31.5 Å². The molecule has 1 fully saturated rings. The molecule has 5 rings (SSSR count). The van der Waals surface area contributed by atoms with E-state index in [0.717, 1.165) is 24.6 Å². The Morgan fingerprint density at radius 3 is 2.60 bits per heavy atom. The zero-order valence-corrected chi connectivity index (χ0v) is 24.2. The number of carbonyl (C=O) groups excluding carboxylic acids is 2. The highest BCUT2D eigenvalue weighted by molar-refractivity contribution is 5.96. The second kappa shape index (κ2) is 13.2. The van der Waals surface area contributed by atoms with Crippen molar-refractivity contribution >= 4 is 29.0 Å². The Kier molecular flexibility index (Phi) is 9.32. The van der Waals surface area contributed by atoms with E-state index < -0.39 is 30.4 Å². The summed E-state index contributed by atoms with van der Waals surface area (Å²) < 4.78 is 68.9. The molecule has 4 aromatic rings. The maximum atomic E-state index is 13.7. The monoisotopic (exact) mass is 633 g/mol. The molecule has 11 nitrogen and oxygen atoms in total. The van der Waals surface area contributed by atoms with Crippen LogP contribution in [0.4, 0.5) is 33.5 Å². The molecule has 1 aliphatic carbocycles. The van der Waals surface area contributed by atoms with Crippen LogP contribution in [0.3, 0.4) is 0 Å². The van der Waals surface area contributed by atoms with Crippen LogP contribution in [-0.4, -0.2) is 61.5 Å². The van der Waals surface area contributed by atoms with Gasteiger partial charge in [0.25, 0.3) is 12.3 Å². The number of anilines is 2. The minimum absolute atomic E-state index is 0.00688. The van der Waals surface area contributed by atoms with Crippen molar-refractivity contribution in [3.05, 3.63) is 59.8 Å². The first-order chi connectivity index (χ1) is 21.4. The summed E-state index contributed by atoms with van der Waals surface area (Å²) in [6, 6.07) is 5.10. The maximum Gasteiger partial charge on any atom is 0.435 e. The third kappa shape index (κ3) is 7.21. The first-order valence-corrected chi connectivity index (χ1v) is 14.4. The molecule has 0 saturated heterocycles. The normalized spacial score (nSPS) is 16.8. The van der Waals surface area contributed by atoms with Crippen LogP contribution in [0.2, 0.25) is 0 Å². The van der Waals surface area contributed by atoms with Crippen molar-refractivity contribution in [1.29, 1.82) is 0 Å². The maximum absolute atomic E-state index is 13.7. The molecule has 0 radical (unpaired) electrons. The minimum atomic E-state index is -4.89. The molecule has 0 bridgehead atoms. The van der Waals surface area contributed by atoms with Crippen LogP contribution in [-0.2, 0) is 23.9 Å². The van der Waals surface area contributed by atoms with Crippen LogP contribution in [0.1, 0.15) is 47.8 Å². The van der Waals surface area contributed by atoms with Gasteiger partial charge in [0.15, 0.2) is 17.2 Å². The number of nitrogens with two attached hydrogens (primary N) is 1. The Balaban J connectivity index is 1.29. The number of fused-ring (bicyclic) bond motifs is 1. The van der Waals surface area contributed by atoms with Gasteiger partial charge < -0.3 is 21.7 Å². The van der Waals surface area contributed by atoms with Crippen molar-refractivity contribution in [3.63, 3.8) is 0 Å². The number of hydrogen-bond acceptors (Lipinski definition) is 7. The van der Waals surface area contributed by atoms with Crippen molar-refractivity contribution in [2.24, 2.45) is 11.7 Å². The lowest BCUT2D eigenvalue weighted by Gasteiger charge is -2.14. The van der Waals surface area contributed by atoms with E-state index in [9.17, 15) is 31.5 Å². The summed E-state index contributed by atoms with van der Waals surface area (Å²) in [7, 11) is 0. The molecule has 0 aliphatic heterocycles. The van der Waals surface area contributed by atoms with Crippen molar-refractivity contribution in [3.8, 4) is 11.3 Å². The average Bonchev–Trinajstić information content (AvgIpc) is 3.73. The number of nitrogens with one attached hydrogen (secondary N) is 3. The van der Waals surface area contributed by atoms with Gasteiger partial charge in [0.05, 0.1) is 17.5 Å². The van der Waals surface area contributed by atoms with E-state index in [2.05, 4.69) is 31.0 Å². The van der Waals surface area contributed by atoms with Gasteiger partial charge >= 0.3 is 6.18 Å². The van der Waals surface area contributed by atoms with Gasteiger partial charge in [-0.15, -0.1) is 0 Å². The molecule has 16 heteroatoms. The number of amides is 2. The number of aryl methyl sites for hydroxylation is 1. The number of aromatic nitrogens is 5. The van der Waals surface area contributed by atoms with Crippen LogP contribution in [0, 0.1) is 5.92 Å². The van der Waals surface area contributed by atoms with Crippen LogP contribution in [0.5, 0.6) is 0 Å². The van der Waals surface area contributed by atoms with E-state index in [1.165, 1.54) is 23.0 Å². The van der Waals surface area contributed by atoms with Gasteiger partial charge in [0.2, 0.25) is 5.91 Å². The summed E-state index contributed by atoms with van der Waals surface area (Å²) >= 11 is 0. The lowest BCUT2D eigenvalue weighted by Crippen LogP contribution is -2.37. The zero-order chi connectivity index (χ0) is 32.3. The Morgan fingerprint density at radius 2 is 1.91 bits per heavy atom. The van der Waals surface area contributed by atoms with Gasteiger partial charge in [0.1, 0.15) is 6.54 Å². The number of nitrogens with zero attached hydrogens (tertiary/aromatic N) is 5. The van der Waals surface area contributed by atoms with Gasteiger partial charge in [0, 0.05) is 54.9 Å². The average molecular weight is 634 g/mol.